The van der Waals surface area contributed by atoms with Gasteiger partial charge in [-0.05, 0) is 24.6 Å². The van der Waals surface area contributed by atoms with Crippen LogP contribution in [0.25, 0.3) is 0 Å². The number of carbonyl (C=O) groups is 1. The number of nitrogens with zero attached hydrogens (tertiary/aromatic N) is 4. The molecule has 156 valence electrons. The summed E-state index contributed by atoms with van der Waals surface area (Å²) in [6.45, 7) is 3.49. The van der Waals surface area contributed by atoms with Gasteiger partial charge in [0.1, 0.15) is 0 Å². The minimum Gasteiger partial charge on any atom is -0.347 e. The highest BCUT2D eigenvalue weighted by Gasteiger charge is 2.42. The number of halogens is 2. The Bertz CT molecular complexity index is 890. The van der Waals surface area contributed by atoms with Gasteiger partial charge in [0.2, 0.25) is 0 Å². The number of morpholine rings is 1. The summed E-state index contributed by atoms with van der Waals surface area (Å²) in [6.07, 6.45) is 4.65. The Morgan fingerprint density at radius 3 is 2.76 bits per heavy atom. The average Bonchev–Trinajstić information content (AvgIpc) is 3.01. The second-order valence-electron chi connectivity index (χ2n) is 7.55. The molecule has 4 rings (SSSR count). The fourth-order valence-corrected chi connectivity index (χ4v) is 3.88. The molecule has 1 aromatic heterocycles. The Labute approximate surface area is 167 Å². The van der Waals surface area contributed by atoms with Gasteiger partial charge >= 0.3 is 0 Å². The minimum absolute atomic E-state index is 0.113. The van der Waals surface area contributed by atoms with E-state index < -0.39 is 17.4 Å². The predicted molar refractivity (Wildman–Crippen MR) is 100.0 cm³/mol. The monoisotopic (exact) mass is 406 g/mol. The number of rotatable bonds is 3. The lowest BCUT2D eigenvalue weighted by Crippen LogP contribution is -2.59. The Morgan fingerprint density at radius 2 is 2.00 bits per heavy atom. The zero-order valence-electron chi connectivity index (χ0n) is 16.3. The van der Waals surface area contributed by atoms with Crippen molar-refractivity contribution in [2.75, 3.05) is 39.4 Å². The zero-order valence-corrected chi connectivity index (χ0v) is 16.3. The van der Waals surface area contributed by atoms with Gasteiger partial charge in [-0.15, -0.1) is 0 Å². The summed E-state index contributed by atoms with van der Waals surface area (Å²) in [6, 6.07) is 3.20. The first-order valence-electron chi connectivity index (χ1n) is 9.66. The Morgan fingerprint density at radius 1 is 1.17 bits per heavy atom. The summed E-state index contributed by atoms with van der Waals surface area (Å²) >= 11 is 0. The van der Waals surface area contributed by atoms with E-state index in [0.29, 0.717) is 32.8 Å². The molecule has 7 nitrogen and oxygen atoms in total. The second-order valence-corrected chi connectivity index (χ2v) is 7.55. The third-order valence-electron chi connectivity index (χ3n) is 5.22. The Balaban J connectivity index is 1.48. The molecular weight excluding hydrogens is 382 g/mol. The largest absolute Gasteiger partial charge is 0.347 e. The van der Waals surface area contributed by atoms with Crippen molar-refractivity contribution in [2.24, 2.45) is 7.05 Å². The number of hydrogen-bond donors (Lipinski definition) is 0. The van der Waals surface area contributed by atoms with E-state index in [1.807, 2.05) is 19.4 Å². The van der Waals surface area contributed by atoms with Crippen LogP contribution in [0.2, 0.25) is 0 Å². The van der Waals surface area contributed by atoms with Crippen LogP contribution in [0.5, 0.6) is 0 Å². The van der Waals surface area contributed by atoms with Gasteiger partial charge in [-0.1, -0.05) is 0 Å². The third-order valence-corrected chi connectivity index (χ3v) is 5.22. The van der Waals surface area contributed by atoms with E-state index in [-0.39, 0.29) is 18.0 Å². The molecule has 1 amide bonds. The summed E-state index contributed by atoms with van der Waals surface area (Å²) < 4.78 is 40.6. The van der Waals surface area contributed by atoms with E-state index in [2.05, 4.69) is 10.00 Å². The molecule has 2 aliphatic rings. The molecule has 2 fully saturated rings. The van der Waals surface area contributed by atoms with E-state index in [0.717, 1.165) is 30.7 Å². The van der Waals surface area contributed by atoms with Crippen molar-refractivity contribution in [2.45, 2.75) is 18.8 Å². The number of amides is 1. The SMILES string of the molecule is Cn1cc(CN2CCCOC3(C2)CN(C(=O)c2ccc(F)c(F)c2)CCO3)cn1. The first-order valence-corrected chi connectivity index (χ1v) is 9.66. The van der Waals surface area contributed by atoms with Gasteiger partial charge in [0.15, 0.2) is 17.4 Å². The highest BCUT2D eigenvalue weighted by atomic mass is 19.2. The molecule has 1 unspecified atom stereocenters. The quantitative estimate of drug-likeness (QED) is 0.778. The van der Waals surface area contributed by atoms with Crippen LogP contribution in [-0.2, 0) is 23.1 Å². The number of benzene rings is 1. The molecule has 0 bridgehead atoms. The van der Waals surface area contributed by atoms with E-state index in [4.69, 9.17) is 9.47 Å². The average molecular weight is 406 g/mol. The highest BCUT2D eigenvalue weighted by molar-refractivity contribution is 5.94. The second kappa shape index (κ2) is 8.17. The van der Waals surface area contributed by atoms with E-state index in [1.54, 1.807) is 9.58 Å². The number of ether oxygens (including phenoxy) is 2. The van der Waals surface area contributed by atoms with Gasteiger partial charge in [-0.25, -0.2) is 8.78 Å². The van der Waals surface area contributed by atoms with Crippen molar-refractivity contribution in [3.63, 3.8) is 0 Å². The normalized spacial score (nSPS) is 23.3. The molecule has 3 heterocycles. The smallest absolute Gasteiger partial charge is 0.254 e. The molecular formula is C20H24F2N4O3. The molecule has 0 aliphatic carbocycles. The van der Waals surface area contributed by atoms with E-state index >= 15 is 0 Å². The van der Waals surface area contributed by atoms with Gasteiger partial charge in [-0.2, -0.15) is 5.10 Å². The lowest BCUT2D eigenvalue weighted by molar-refractivity contribution is -0.261. The van der Waals surface area contributed by atoms with Crippen LogP contribution in [-0.4, -0.2) is 70.7 Å². The van der Waals surface area contributed by atoms with Gasteiger partial charge in [0.25, 0.3) is 5.91 Å². The van der Waals surface area contributed by atoms with Crippen LogP contribution < -0.4 is 0 Å². The fraction of sp³-hybridized carbons (Fsp3) is 0.500. The first-order chi connectivity index (χ1) is 13.9. The van der Waals surface area contributed by atoms with Crippen molar-refractivity contribution in [3.05, 3.63) is 53.4 Å². The van der Waals surface area contributed by atoms with Gasteiger partial charge in [-0.3, -0.25) is 14.4 Å². The third kappa shape index (κ3) is 4.47. The molecule has 0 N–H and O–H groups in total. The van der Waals surface area contributed by atoms with Crippen LogP contribution in [0.15, 0.2) is 30.6 Å². The minimum atomic E-state index is -1.04. The molecule has 2 saturated heterocycles. The van der Waals surface area contributed by atoms with E-state index in [9.17, 15) is 13.6 Å². The summed E-state index contributed by atoms with van der Waals surface area (Å²) in [5, 5.41) is 4.21. The molecule has 1 atom stereocenters. The molecule has 1 aromatic carbocycles. The summed E-state index contributed by atoms with van der Waals surface area (Å²) in [7, 11) is 1.88. The number of carbonyl (C=O) groups excluding carboxylic acids is 1. The van der Waals surface area contributed by atoms with Crippen molar-refractivity contribution in [1.82, 2.24) is 19.6 Å². The molecule has 2 aliphatic heterocycles. The molecule has 9 heteroatoms. The van der Waals surface area contributed by atoms with Crippen LogP contribution in [0.3, 0.4) is 0 Å². The van der Waals surface area contributed by atoms with Crippen LogP contribution >= 0.6 is 0 Å². The molecule has 0 radical (unpaired) electrons. The summed E-state index contributed by atoms with van der Waals surface area (Å²) in [5.74, 6) is -3.31. The van der Waals surface area contributed by atoms with Crippen molar-refractivity contribution >= 4 is 5.91 Å². The maximum absolute atomic E-state index is 13.6. The van der Waals surface area contributed by atoms with Gasteiger partial charge < -0.3 is 14.4 Å². The number of hydrogen-bond acceptors (Lipinski definition) is 5. The van der Waals surface area contributed by atoms with Crippen molar-refractivity contribution in [1.29, 1.82) is 0 Å². The van der Waals surface area contributed by atoms with Crippen LogP contribution in [0.1, 0.15) is 22.3 Å². The zero-order chi connectivity index (χ0) is 20.4. The summed E-state index contributed by atoms with van der Waals surface area (Å²) in [4.78, 5) is 16.7. The molecule has 29 heavy (non-hydrogen) atoms. The van der Waals surface area contributed by atoms with Gasteiger partial charge in [0, 0.05) is 44.0 Å². The maximum atomic E-state index is 13.6. The predicted octanol–water partition coefficient (Wildman–Crippen LogP) is 1.79. The first kappa shape index (κ1) is 19.9. The number of aromatic nitrogens is 2. The van der Waals surface area contributed by atoms with Crippen LogP contribution in [0.4, 0.5) is 8.78 Å². The van der Waals surface area contributed by atoms with Crippen molar-refractivity contribution in [3.8, 4) is 0 Å². The maximum Gasteiger partial charge on any atom is 0.254 e. The molecule has 2 aromatic rings. The van der Waals surface area contributed by atoms with Crippen LogP contribution in [0, 0.1) is 11.6 Å². The van der Waals surface area contributed by atoms with E-state index in [1.165, 1.54) is 6.07 Å². The summed E-state index contributed by atoms with van der Waals surface area (Å²) in [5.41, 5.74) is 1.21. The molecule has 0 saturated carbocycles. The Hall–Kier alpha value is -2.36. The molecule has 1 spiro atoms. The fourth-order valence-electron chi connectivity index (χ4n) is 3.88. The lowest BCUT2D eigenvalue weighted by Gasteiger charge is -2.43. The highest BCUT2D eigenvalue weighted by Crippen LogP contribution is 2.26. The standard InChI is InChI=1S/C20H24F2N4O3/c1-24-11-15(10-23-24)12-25-5-2-7-28-20(13-25)14-26(6-8-29-20)19(27)16-3-4-17(21)18(22)9-16/h3-4,9-11H,2,5-8,12-14H2,1H3. The Kier molecular flexibility index (Phi) is 5.62. The lowest BCUT2D eigenvalue weighted by atomic mass is 10.1. The topological polar surface area (TPSA) is 59.8 Å². The number of aryl methyl sites for hydroxylation is 1. The van der Waals surface area contributed by atoms with Crippen molar-refractivity contribution < 1.29 is 23.0 Å². The van der Waals surface area contributed by atoms with Gasteiger partial charge in [0.05, 0.1) is 32.5 Å².